The molecule has 0 aliphatic rings. The van der Waals surface area contributed by atoms with Crippen LogP contribution in [0, 0.1) is 6.92 Å². The average molecular weight is 189 g/mol. The standard InChI is InChI=1S/C9H11N5/c1-7-3-4-14(13-7)9-5-8(10-2)11-6-12-9/h3-6H,1-2H3,(H,10,11,12). The highest BCUT2D eigenvalue weighted by molar-refractivity contribution is 5.39. The lowest BCUT2D eigenvalue weighted by atomic mass is 10.5. The molecule has 2 aromatic rings. The molecule has 5 heteroatoms. The summed E-state index contributed by atoms with van der Waals surface area (Å²) in [5.41, 5.74) is 0.967. The largest absolute Gasteiger partial charge is 0.373 e. The second kappa shape index (κ2) is 3.45. The molecule has 0 amide bonds. The van der Waals surface area contributed by atoms with E-state index in [-0.39, 0.29) is 0 Å². The molecule has 0 spiro atoms. The van der Waals surface area contributed by atoms with Gasteiger partial charge in [0.25, 0.3) is 0 Å². The first kappa shape index (κ1) is 8.68. The molecule has 14 heavy (non-hydrogen) atoms. The number of rotatable bonds is 2. The van der Waals surface area contributed by atoms with Gasteiger partial charge in [0.05, 0.1) is 5.69 Å². The second-order valence-electron chi connectivity index (χ2n) is 2.91. The van der Waals surface area contributed by atoms with Crippen LogP contribution in [0.4, 0.5) is 5.82 Å². The molecule has 0 saturated heterocycles. The van der Waals surface area contributed by atoms with E-state index in [2.05, 4.69) is 20.4 Å². The Morgan fingerprint density at radius 1 is 1.36 bits per heavy atom. The van der Waals surface area contributed by atoms with Crippen LogP contribution in [0.5, 0.6) is 0 Å². The molecule has 0 aliphatic heterocycles. The van der Waals surface area contributed by atoms with Gasteiger partial charge in [-0.2, -0.15) is 5.10 Å². The lowest BCUT2D eigenvalue weighted by Crippen LogP contribution is -2.01. The van der Waals surface area contributed by atoms with E-state index < -0.39 is 0 Å². The van der Waals surface area contributed by atoms with Crippen molar-refractivity contribution in [3.05, 3.63) is 30.4 Å². The van der Waals surface area contributed by atoms with E-state index in [1.165, 1.54) is 6.33 Å². The summed E-state index contributed by atoms with van der Waals surface area (Å²) in [4.78, 5) is 8.15. The fourth-order valence-corrected chi connectivity index (χ4v) is 1.15. The van der Waals surface area contributed by atoms with Gasteiger partial charge in [-0.3, -0.25) is 0 Å². The van der Waals surface area contributed by atoms with Gasteiger partial charge in [-0.05, 0) is 13.0 Å². The van der Waals surface area contributed by atoms with Crippen molar-refractivity contribution in [2.75, 3.05) is 12.4 Å². The molecule has 0 unspecified atom stereocenters. The van der Waals surface area contributed by atoms with E-state index in [1.807, 2.05) is 32.3 Å². The number of hydrogen-bond donors (Lipinski definition) is 1. The minimum atomic E-state index is 0.762. The molecule has 0 atom stereocenters. The Morgan fingerprint density at radius 2 is 2.21 bits per heavy atom. The molecular formula is C9H11N5. The highest BCUT2D eigenvalue weighted by atomic mass is 15.3. The minimum absolute atomic E-state index is 0.762. The quantitative estimate of drug-likeness (QED) is 0.766. The Kier molecular flexibility index (Phi) is 2.14. The molecule has 2 heterocycles. The topological polar surface area (TPSA) is 55.6 Å². The lowest BCUT2D eigenvalue weighted by Gasteiger charge is -2.02. The van der Waals surface area contributed by atoms with Gasteiger partial charge in [-0.15, -0.1) is 0 Å². The van der Waals surface area contributed by atoms with E-state index in [0.717, 1.165) is 17.3 Å². The maximum atomic E-state index is 4.25. The summed E-state index contributed by atoms with van der Waals surface area (Å²) < 4.78 is 1.72. The third kappa shape index (κ3) is 1.56. The summed E-state index contributed by atoms with van der Waals surface area (Å²) in [6, 6.07) is 3.77. The van der Waals surface area contributed by atoms with Crippen LogP contribution in [0.15, 0.2) is 24.7 Å². The number of hydrogen-bond acceptors (Lipinski definition) is 4. The summed E-state index contributed by atoms with van der Waals surface area (Å²) in [7, 11) is 1.82. The molecule has 1 N–H and O–H groups in total. The fourth-order valence-electron chi connectivity index (χ4n) is 1.15. The molecule has 0 radical (unpaired) electrons. The molecule has 0 fully saturated rings. The molecule has 0 aromatic carbocycles. The van der Waals surface area contributed by atoms with Gasteiger partial charge < -0.3 is 5.32 Å². The first-order valence-electron chi connectivity index (χ1n) is 4.32. The van der Waals surface area contributed by atoms with Gasteiger partial charge in [0.1, 0.15) is 12.1 Å². The first-order chi connectivity index (χ1) is 6.79. The predicted molar refractivity (Wildman–Crippen MR) is 53.4 cm³/mol. The van der Waals surface area contributed by atoms with Crippen molar-refractivity contribution in [3.63, 3.8) is 0 Å². The first-order valence-corrected chi connectivity index (χ1v) is 4.32. The van der Waals surface area contributed by atoms with E-state index in [4.69, 9.17) is 0 Å². The summed E-state index contributed by atoms with van der Waals surface area (Å²) in [6.07, 6.45) is 3.38. The van der Waals surface area contributed by atoms with Crippen molar-refractivity contribution in [3.8, 4) is 5.82 Å². The Hall–Kier alpha value is -1.91. The van der Waals surface area contributed by atoms with Crippen molar-refractivity contribution in [1.82, 2.24) is 19.7 Å². The molecule has 2 rings (SSSR count). The number of nitrogens with one attached hydrogen (secondary N) is 1. The average Bonchev–Trinajstić information content (AvgIpc) is 2.65. The van der Waals surface area contributed by atoms with Crippen LogP contribution in [-0.2, 0) is 0 Å². The smallest absolute Gasteiger partial charge is 0.158 e. The van der Waals surface area contributed by atoms with E-state index >= 15 is 0 Å². The second-order valence-corrected chi connectivity index (χ2v) is 2.91. The summed E-state index contributed by atoms with van der Waals surface area (Å²) in [5.74, 6) is 1.54. The van der Waals surface area contributed by atoms with Gasteiger partial charge in [0.15, 0.2) is 5.82 Å². The third-order valence-electron chi connectivity index (χ3n) is 1.87. The zero-order chi connectivity index (χ0) is 9.97. The Labute approximate surface area is 81.8 Å². The van der Waals surface area contributed by atoms with Crippen molar-refractivity contribution >= 4 is 5.82 Å². The molecule has 2 aromatic heterocycles. The van der Waals surface area contributed by atoms with Crippen molar-refractivity contribution in [1.29, 1.82) is 0 Å². The summed E-state index contributed by atoms with van der Waals surface area (Å²) in [5, 5.41) is 7.21. The fraction of sp³-hybridized carbons (Fsp3) is 0.222. The van der Waals surface area contributed by atoms with Crippen LogP contribution in [0.25, 0.3) is 5.82 Å². The monoisotopic (exact) mass is 189 g/mol. The number of nitrogens with zero attached hydrogens (tertiary/aromatic N) is 4. The van der Waals surface area contributed by atoms with Gasteiger partial charge >= 0.3 is 0 Å². The molecule has 5 nitrogen and oxygen atoms in total. The lowest BCUT2D eigenvalue weighted by molar-refractivity contribution is 0.826. The highest BCUT2D eigenvalue weighted by Crippen LogP contribution is 2.07. The van der Waals surface area contributed by atoms with Gasteiger partial charge in [0, 0.05) is 19.3 Å². The maximum absolute atomic E-state index is 4.25. The van der Waals surface area contributed by atoms with Crippen LogP contribution < -0.4 is 5.32 Å². The van der Waals surface area contributed by atoms with Crippen LogP contribution in [0.2, 0.25) is 0 Å². The van der Waals surface area contributed by atoms with Gasteiger partial charge in [-0.25, -0.2) is 14.6 Å². The van der Waals surface area contributed by atoms with Crippen LogP contribution >= 0.6 is 0 Å². The van der Waals surface area contributed by atoms with E-state index in [1.54, 1.807) is 4.68 Å². The summed E-state index contributed by atoms with van der Waals surface area (Å²) in [6.45, 7) is 1.94. The zero-order valence-corrected chi connectivity index (χ0v) is 8.10. The maximum Gasteiger partial charge on any atom is 0.158 e. The Balaban J connectivity index is 2.41. The van der Waals surface area contributed by atoms with Crippen LogP contribution in [0.1, 0.15) is 5.69 Å². The SMILES string of the molecule is CNc1cc(-n2ccc(C)n2)ncn1. The molecular weight excluding hydrogens is 178 g/mol. The molecule has 0 bridgehead atoms. The van der Waals surface area contributed by atoms with Gasteiger partial charge in [-0.1, -0.05) is 0 Å². The Morgan fingerprint density at radius 3 is 2.86 bits per heavy atom. The normalized spacial score (nSPS) is 10.1. The minimum Gasteiger partial charge on any atom is -0.373 e. The summed E-state index contributed by atoms with van der Waals surface area (Å²) >= 11 is 0. The predicted octanol–water partition coefficient (Wildman–Crippen LogP) is 1.01. The molecule has 0 saturated carbocycles. The van der Waals surface area contributed by atoms with Crippen molar-refractivity contribution in [2.45, 2.75) is 6.92 Å². The molecule has 72 valence electrons. The van der Waals surface area contributed by atoms with Crippen molar-refractivity contribution < 1.29 is 0 Å². The van der Waals surface area contributed by atoms with Gasteiger partial charge in [0.2, 0.25) is 0 Å². The number of anilines is 1. The van der Waals surface area contributed by atoms with Crippen LogP contribution in [-0.4, -0.2) is 26.8 Å². The number of aryl methyl sites for hydroxylation is 1. The van der Waals surface area contributed by atoms with E-state index in [9.17, 15) is 0 Å². The zero-order valence-electron chi connectivity index (χ0n) is 8.10. The highest BCUT2D eigenvalue weighted by Gasteiger charge is 2.00. The van der Waals surface area contributed by atoms with Crippen molar-refractivity contribution in [2.24, 2.45) is 0 Å². The molecule has 0 aliphatic carbocycles. The Bertz CT molecular complexity index is 434. The van der Waals surface area contributed by atoms with E-state index in [0.29, 0.717) is 0 Å². The van der Waals surface area contributed by atoms with Crippen LogP contribution in [0.3, 0.4) is 0 Å². The number of aromatic nitrogens is 4. The third-order valence-corrected chi connectivity index (χ3v) is 1.87.